The molecule has 0 spiro atoms. The molecule has 2 heterocycles. The van der Waals surface area contributed by atoms with E-state index in [0.717, 1.165) is 43.3 Å². The monoisotopic (exact) mass is 380 g/mol. The number of para-hydroxylation sites is 1. The fraction of sp³-hybridized carbons (Fsp3) is 0.542. The molecule has 1 saturated heterocycles. The number of hydrogen-bond acceptors (Lipinski definition) is 3. The molecule has 2 aliphatic rings. The second kappa shape index (κ2) is 9.42. The Kier molecular flexibility index (Phi) is 6.48. The third-order valence-corrected chi connectivity index (χ3v) is 6.39. The number of aromatic amines is 1. The van der Waals surface area contributed by atoms with Gasteiger partial charge in [-0.15, -0.1) is 0 Å². The average molecular weight is 381 g/mol. The Bertz CT molecular complexity index is 802. The van der Waals surface area contributed by atoms with Crippen LogP contribution in [0.5, 0.6) is 5.75 Å². The lowest BCUT2D eigenvalue weighted by Crippen LogP contribution is -2.35. The molecular formula is C24H32N2O2. The van der Waals surface area contributed by atoms with Crippen LogP contribution in [0.15, 0.2) is 47.4 Å². The minimum atomic E-state index is 0.0449. The Balaban J connectivity index is 1.25. The van der Waals surface area contributed by atoms with E-state index in [4.69, 9.17) is 4.74 Å². The maximum absolute atomic E-state index is 11.9. The van der Waals surface area contributed by atoms with Crippen molar-refractivity contribution in [3.8, 4) is 5.75 Å². The van der Waals surface area contributed by atoms with Gasteiger partial charge >= 0.3 is 0 Å². The number of piperidine rings is 1. The molecule has 1 aromatic heterocycles. The van der Waals surface area contributed by atoms with Gasteiger partial charge in [0.1, 0.15) is 5.75 Å². The van der Waals surface area contributed by atoms with Crippen molar-refractivity contribution in [3.63, 3.8) is 0 Å². The van der Waals surface area contributed by atoms with Gasteiger partial charge in [0.2, 0.25) is 0 Å². The molecular weight excluding hydrogens is 348 g/mol. The second-order valence-corrected chi connectivity index (χ2v) is 8.41. The number of nitrogens with one attached hydrogen (secondary N) is 1. The van der Waals surface area contributed by atoms with Gasteiger partial charge in [-0.25, -0.2) is 0 Å². The predicted octanol–water partition coefficient (Wildman–Crippen LogP) is 4.54. The van der Waals surface area contributed by atoms with E-state index in [1.165, 1.54) is 50.5 Å². The first-order chi connectivity index (χ1) is 13.8. The zero-order valence-electron chi connectivity index (χ0n) is 16.7. The number of hydrogen-bond donors (Lipinski definition) is 1. The summed E-state index contributed by atoms with van der Waals surface area (Å²) in [5.41, 5.74) is 2.29. The second-order valence-electron chi connectivity index (χ2n) is 8.41. The van der Waals surface area contributed by atoms with Crippen molar-refractivity contribution in [1.29, 1.82) is 0 Å². The molecule has 4 rings (SSSR count). The Hall–Kier alpha value is -2.07. The molecule has 4 nitrogen and oxygen atoms in total. The normalized spacial score (nSPS) is 19.1. The highest BCUT2D eigenvalue weighted by molar-refractivity contribution is 5.33. The number of H-pyrrole nitrogens is 1. The van der Waals surface area contributed by atoms with Crippen molar-refractivity contribution in [2.24, 2.45) is 5.92 Å². The van der Waals surface area contributed by atoms with Crippen molar-refractivity contribution in [3.05, 3.63) is 64.1 Å². The predicted molar refractivity (Wildman–Crippen MR) is 113 cm³/mol. The van der Waals surface area contributed by atoms with E-state index >= 15 is 0 Å². The number of rotatable bonds is 7. The van der Waals surface area contributed by atoms with Crippen molar-refractivity contribution in [2.45, 2.75) is 64.0 Å². The van der Waals surface area contributed by atoms with Gasteiger partial charge in [-0.2, -0.15) is 0 Å². The van der Waals surface area contributed by atoms with Crippen LogP contribution in [0.3, 0.4) is 0 Å². The zero-order chi connectivity index (χ0) is 19.2. The third-order valence-electron chi connectivity index (χ3n) is 6.39. The van der Waals surface area contributed by atoms with Gasteiger partial charge in [0.25, 0.3) is 5.56 Å². The van der Waals surface area contributed by atoms with Crippen LogP contribution < -0.4 is 10.3 Å². The molecule has 28 heavy (non-hydrogen) atoms. The standard InChI is InChI=1S/C24H32N2O2/c27-24-21(7-5-15-25-24)18-26-16-13-19(14-17-26)11-12-20-6-1-4-10-23(20)28-22-8-2-3-9-22/h1,4-7,10,15,19,22H,2-3,8-9,11-14,16-18H2,(H,25,27). The lowest BCUT2D eigenvalue weighted by atomic mass is 9.90. The van der Waals surface area contributed by atoms with Gasteiger partial charge in [0, 0.05) is 18.3 Å². The first kappa shape index (κ1) is 19.3. The fourth-order valence-corrected chi connectivity index (χ4v) is 4.63. The molecule has 4 heteroatoms. The lowest BCUT2D eigenvalue weighted by Gasteiger charge is -2.32. The summed E-state index contributed by atoms with van der Waals surface area (Å²) in [6.45, 7) is 2.93. The number of pyridine rings is 1. The summed E-state index contributed by atoms with van der Waals surface area (Å²) in [5, 5.41) is 0. The summed E-state index contributed by atoms with van der Waals surface area (Å²) in [7, 11) is 0. The van der Waals surface area contributed by atoms with Crippen molar-refractivity contribution in [2.75, 3.05) is 13.1 Å². The number of aryl methyl sites for hydroxylation is 1. The minimum Gasteiger partial charge on any atom is -0.490 e. The number of nitrogens with zero attached hydrogens (tertiary/aromatic N) is 1. The van der Waals surface area contributed by atoms with E-state index in [9.17, 15) is 4.79 Å². The molecule has 0 radical (unpaired) electrons. The maximum Gasteiger partial charge on any atom is 0.252 e. The van der Waals surface area contributed by atoms with Crippen LogP contribution >= 0.6 is 0 Å². The smallest absolute Gasteiger partial charge is 0.252 e. The Labute approximate surface area is 167 Å². The number of likely N-dealkylation sites (tertiary alicyclic amines) is 1. The van der Waals surface area contributed by atoms with Crippen LogP contribution in [0.25, 0.3) is 0 Å². The molecule has 2 aromatic rings. The van der Waals surface area contributed by atoms with E-state index < -0.39 is 0 Å². The summed E-state index contributed by atoms with van der Waals surface area (Å²) in [5.74, 6) is 1.87. The SMILES string of the molecule is O=c1[nH]cccc1CN1CCC(CCc2ccccc2OC2CCCC2)CC1. The molecule has 0 atom stereocenters. The van der Waals surface area contributed by atoms with E-state index in [1.54, 1.807) is 6.20 Å². The van der Waals surface area contributed by atoms with Crippen LogP contribution in [0.4, 0.5) is 0 Å². The minimum absolute atomic E-state index is 0.0449. The highest BCUT2D eigenvalue weighted by atomic mass is 16.5. The molecule has 0 bridgehead atoms. The van der Waals surface area contributed by atoms with Gasteiger partial charge < -0.3 is 9.72 Å². The van der Waals surface area contributed by atoms with Crippen LogP contribution in [0.1, 0.15) is 56.1 Å². The average Bonchev–Trinajstić information content (AvgIpc) is 3.23. The molecule has 0 unspecified atom stereocenters. The zero-order valence-corrected chi connectivity index (χ0v) is 16.7. The Morgan fingerprint density at radius 3 is 2.50 bits per heavy atom. The quantitative estimate of drug-likeness (QED) is 0.767. The van der Waals surface area contributed by atoms with Gasteiger partial charge in [-0.1, -0.05) is 24.3 Å². The highest BCUT2D eigenvalue weighted by Crippen LogP contribution is 2.29. The summed E-state index contributed by atoms with van der Waals surface area (Å²) in [4.78, 5) is 17.1. The molecule has 1 N–H and O–H groups in total. The van der Waals surface area contributed by atoms with Crippen molar-refractivity contribution < 1.29 is 4.74 Å². The Morgan fingerprint density at radius 1 is 0.964 bits per heavy atom. The molecule has 0 amide bonds. The van der Waals surface area contributed by atoms with Crippen molar-refractivity contribution in [1.82, 2.24) is 9.88 Å². The van der Waals surface area contributed by atoms with E-state index in [0.29, 0.717) is 6.10 Å². The van der Waals surface area contributed by atoms with E-state index in [1.807, 2.05) is 12.1 Å². The van der Waals surface area contributed by atoms with Crippen LogP contribution in [-0.2, 0) is 13.0 Å². The van der Waals surface area contributed by atoms with Gasteiger partial charge in [0.05, 0.1) is 6.10 Å². The lowest BCUT2D eigenvalue weighted by molar-refractivity contribution is 0.171. The summed E-state index contributed by atoms with van der Waals surface area (Å²) in [6, 6.07) is 12.5. The molecule has 1 aliphatic carbocycles. The summed E-state index contributed by atoms with van der Waals surface area (Å²) in [6.07, 6.45) is 11.9. The maximum atomic E-state index is 11.9. The van der Waals surface area contributed by atoms with Crippen LogP contribution in [0, 0.1) is 5.92 Å². The molecule has 1 aromatic carbocycles. The Morgan fingerprint density at radius 2 is 1.71 bits per heavy atom. The van der Waals surface area contributed by atoms with Gasteiger partial charge in [0.15, 0.2) is 0 Å². The number of aromatic nitrogens is 1. The van der Waals surface area contributed by atoms with Crippen LogP contribution in [-0.4, -0.2) is 29.1 Å². The molecule has 1 saturated carbocycles. The summed E-state index contributed by atoms with van der Waals surface area (Å²) >= 11 is 0. The van der Waals surface area contributed by atoms with Crippen LogP contribution in [0.2, 0.25) is 0 Å². The van der Waals surface area contributed by atoms with Gasteiger partial charge in [-0.3, -0.25) is 9.69 Å². The van der Waals surface area contributed by atoms with E-state index in [-0.39, 0.29) is 5.56 Å². The summed E-state index contributed by atoms with van der Waals surface area (Å²) < 4.78 is 6.30. The number of ether oxygens (including phenoxy) is 1. The van der Waals surface area contributed by atoms with Gasteiger partial charge in [-0.05, 0) is 88.1 Å². The largest absolute Gasteiger partial charge is 0.490 e. The molecule has 1 aliphatic heterocycles. The highest BCUT2D eigenvalue weighted by Gasteiger charge is 2.21. The number of benzene rings is 1. The fourth-order valence-electron chi connectivity index (χ4n) is 4.63. The van der Waals surface area contributed by atoms with E-state index in [2.05, 4.69) is 34.1 Å². The molecule has 150 valence electrons. The topological polar surface area (TPSA) is 45.3 Å². The van der Waals surface area contributed by atoms with Crippen molar-refractivity contribution >= 4 is 0 Å². The molecule has 2 fully saturated rings. The first-order valence-electron chi connectivity index (χ1n) is 10.9. The third kappa shape index (κ3) is 5.05. The first-order valence-corrected chi connectivity index (χ1v) is 10.9.